The third-order valence-corrected chi connectivity index (χ3v) is 4.09. The molecule has 4 heteroatoms. The van der Waals surface area contributed by atoms with Gasteiger partial charge in [0.2, 0.25) is 0 Å². The first-order chi connectivity index (χ1) is 9.68. The molecule has 1 amide bonds. The minimum Gasteiger partial charge on any atom is -0.360 e. The average Bonchev–Trinajstić information content (AvgIpc) is 2.90. The second kappa shape index (κ2) is 5.12. The summed E-state index contributed by atoms with van der Waals surface area (Å²) in [6.07, 6.45) is 4.73. The fourth-order valence-electron chi connectivity index (χ4n) is 2.90. The highest BCUT2D eigenvalue weighted by molar-refractivity contribution is 6.44. The van der Waals surface area contributed by atoms with Crippen LogP contribution < -0.4 is 0 Å². The molecule has 0 aliphatic carbocycles. The number of carbonyl (C=O) groups excluding carboxylic acids is 2. The number of nitrogens with one attached hydrogen (secondary N) is 1. The van der Waals surface area contributed by atoms with Crippen molar-refractivity contribution in [3.05, 3.63) is 36.0 Å². The van der Waals surface area contributed by atoms with Gasteiger partial charge in [0.15, 0.2) is 0 Å². The van der Waals surface area contributed by atoms with Gasteiger partial charge in [-0.25, -0.2) is 0 Å². The highest BCUT2D eigenvalue weighted by Gasteiger charge is 2.29. The van der Waals surface area contributed by atoms with Crippen molar-refractivity contribution in [2.45, 2.75) is 32.2 Å². The number of aromatic amines is 1. The lowest BCUT2D eigenvalue weighted by Gasteiger charge is -2.32. The van der Waals surface area contributed by atoms with Gasteiger partial charge >= 0.3 is 0 Å². The average molecular weight is 270 g/mol. The Morgan fingerprint density at radius 1 is 1.25 bits per heavy atom. The Morgan fingerprint density at radius 3 is 2.85 bits per heavy atom. The number of piperidine rings is 1. The lowest BCUT2D eigenvalue weighted by Crippen LogP contribution is -2.45. The number of carbonyl (C=O) groups is 2. The number of fused-ring (bicyclic) bond motifs is 1. The van der Waals surface area contributed by atoms with Crippen LogP contribution >= 0.6 is 0 Å². The predicted octanol–water partition coefficient (Wildman–Crippen LogP) is 2.75. The number of hydrogen-bond donors (Lipinski definition) is 1. The van der Waals surface area contributed by atoms with Crippen molar-refractivity contribution in [3.8, 4) is 0 Å². The number of likely N-dealkylation sites (tertiary alicyclic amines) is 1. The summed E-state index contributed by atoms with van der Waals surface area (Å²) >= 11 is 0. The van der Waals surface area contributed by atoms with Crippen molar-refractivity contribution in [1.82, 2.24) is 9.88 Å². The molecule has 2 heterocycles. The van der Waals surface area contributed by atoms with E-state index in [1.807, 2.05) is 31.2 Å². The van der Waals surface area contributed by atoms with Crippen LogP contribution in [0.1, 0.15) is 36.5 Å². The molecule has 20 heavy (non-hydrogen) atoms. The molecule has 1 N–H and O–H groups in total. The number of hydrogen-bond acceptors (Lipinski definition) is 2. The van der Waals surface area contributed by atoms with E-state index in [2.05, 4.69) is 4.98 Å². The van der Waals surface area contributed by atoms with Crippen LogP contribution in [0.25, 0.3) is 10.9 Å². The molecule has 0 radical (unpaired) electrons. The first-order valence-corrected chi connectivity index (χ1v) is 7.10. The first kappa shape index (κ1) is 12.9. The largest absolute Gasteiger partial charge is 0.360 e. The molecule has 0 saturated carbocycles. The number of aromatic nitrogens is 1. The third kappa shape index (κ3) is 2.11. The summed E-state index contributed by atoms with van der Waals surface area (Å²) in [5, 5.41) is 0.815. The maximum Gasteiger partial charge on any atom is 0.295 e. The van der Waals surface area contributed by atoms with Crippen molar-refractivity contribution in [3.63, 3.8) is 0 Å². The molecule has 1 aliphatic heterocycles. The zero-order chi connectivity index (χ0) is 14.1. The van der Waals surface area contributed by atoms with Gasteiger partial charge in [-0.05, 0) is 32.3 Å². The molecule has 0 unspecified atom stereocenters. The Morgan fingerprint density at radius 2 is 2.05 bits per heavy atom. The zero-order valence-electron chi connectivity index (χ0n) is 11.6. The topological polar surface area (TPSA) is 53.2 Å². The van der Waals surface area contributed by atoms with Crippen LogP contribution in [-0.4, -0.2) is 34.2 Å². The first-order valence-electron chi connectivity index (χ1n) is 7.10. The van der Waals surface area contributed by atoms with Gasteiger partial charge in [-0.15, -0.1) is 0 Å². The van der Waals surface area contributed by atoms with Gasteiger partial charge in [-0.2, -0.15) is 0 Å². The van der Waals surface area contributed by atoms with Crippen LogP contribution in [0, 0.1) is 0 Å². The molecule has 1 aromatic carbocycles. The fraction of sp³-hybridized carbons (Fsp3) is 0.375. The number of H-pyrrole nitrogens is 1. The highest BCUT2D eigenvalue weighted by Crippen LogP contribution is 2.21. The molecule has 104 valence electrons. The van der Waals surface area contributed by atoms with E-state index in [0.29, 0.717) is 12.1 Å². The van der Waals surface area contributed by atoms with Gasteiger partial charge < -0.3 is 9.88 Å². The maximum absolute atomic E-state index is 12.5. The molecule has 3 rings (SSSR count). The maximum atomic E-state index is 12.5. The lowest BCUT2D eigenvalue weighted by molar-refractivity contribution is -0.129. The second-order valence-electron chi connectivity index (χ2n) is 5.42. The normalized spacial score (nSPS) is 19.2. The Labute approximate surface area is 117 Å². The zero-order valence-corrected chi connectivity index (χ0v) is 11.6. The monoisotopic (exact) mass is 270 g/mol. The highest BCUT2D eigenvalue weighted by atomic mass is 16.2. The van der Waals surface area contributed by atoms with Gasteiger partial charge in [-0.1, -0.05) is 18.2 Å². The lowest BCUT2D eigenvalue weighted by atomic mass is 10.0. The second-order valence-corrected chi connectivity index (χ2v) is 5.42. The van der Waals surface area contributed by atoms with Crippen LogP contribution in [0.3, 0.4) is 0 Å². The smallest absolute Gasteiger partial charge is 0.295 e. The number of Topliss-reactive ketones (excluding diaryl/α,β-unsaturated/α-hetero) is 1. The summed E-state index contributed by atoms with van der Waals surface area (Å²) in [4.78, 5) is 29.6. The molecule has 0 bridgehead atoms. The summed E-state index contributed by atoms with van der Waals surface area (Å²) in [6, 6.07) is 7.71. The molecule has 1 saturated heterocycles. The summed E-state index contributed by atoms with van der Waals surface area (Å²) in [6.45, 7) is 2.70. The van der Waals surface area contributed by atoms with E-state index in [0.717, 1.165) is 30.2 Å². The third-order valence-electron chi connectivity index (χ3n) is 4.09. The van der Waals surface area contributed by atoms with Gasteiger partial charge in [0.1, 0.15) is 0 Å². The van der Waals surface area contributed by atoms with Crippen LogP contribution in [-0.2, 0) is 4.79 Å². The number of amides is 1. The Hall–Kier alpha value is -2.10. The van der Waals surface area contributed by atoms with Crippen LogP contribution in [0.2, 0.25) is 0 Å². The summed E-state index contributed by atoms with van der Waals surface area (Å²) in [5.74, 6) is -0.779. The Balaban J connectivity index is 1.90. The van der Waals surface area contributed by atoms with E-state index in [4.69, 9.17) is 0 Å². The number of para-hydroxylation sites is 1. The molecule has 1 atom stereocenters. The van der Waals surface area contributed by atoms with Crippen LogP contribution in [0.5, 0.6) is 0 Å². The Bertz CT molecular complexity index is 659. The van der Waals surface area contributed by atoms with E-state index in [9.17, 15) is 9.59 Å². The van der Waals surface area contributed by atoms with Crippen molar-refractivity contribution in [1.29, 1.82) is 0 Å². The van der Waals surface area contributed by atoms with Crippen molar-refractivity contribution in [2.24, 2.45) is 0 Å². The molecule has 2 aromatic rings. The van der Waals surface area contributed by atoms with Crippen LogP contribution in [0.4, 0.5) is 0 Å². The minimum atomic E-state index is -0.406. The molecular formula is C16H18N2O2. The number of benzene rings is 1. The summed E-state index contributed by atoms with van der Waals surface area (Å²) < 4.78 is 0. The quantitative estimate of drug-likeness (QED) is 0.674. The van der Waals surface area contributed by atoms with Gasteiger partial charge in [-0.3, -0.25) is 9.59 Å². The number of ketones is 1. The van der Waals surface area contributed by atoms with E-state index in [1.54, 1.807) is 11.1 Å². The fourth-order valence-corrected chi connectivity index (χ4v) is 2.90. The van der Waals surface area contributed by atoms with Crippen LogP contribution in [0.15, 0.2) is 30.5 Å². The van der Waals surface area contributed by atoms with Crippen molar-refractivity contribution in [2.75, 3.05) is 6.54 Å². The van der Waals surface area contributed by atoms with Gasteiger partial charge in [0.25, 0.3) is 11.7 Å². The predicted molar refractivity (Wildman–Crippen MR) is 77.7 cm³/mol. The molecule has 1 fully saturated rings. The van der Waals surface area contributed by atoms with Crippen molar-refractivity contribution >= 4 is 22.6 Å². The number of rotatable bonds is 2. The van der Waals surface area contributed by atoms with E-state index in [-0.39, 0.29) is 11.9 Å². The molecule has 4 nitrogen and oxygen atoms in total. The van der Waals surface area contributed by atoms with Gasteiger partial charge in [0, 0.05) is 29.7 Å². The Kier molecular flexibility index (Phi) is 3.30. The van der Waals surface area contributed by atoms with Crippen molar-refractivity contribution < 1.29 is 9.59 Å². The van der Waals surface area contributed by atoms with E-state index >= 15 is 0 Å². The summed E-state index contributed by atoms with van der Waals surface area (Å²) in [7, 11) is 0. The molecule has 1 aromatic heterocycles. The summed E-state index contributed by atoms with van der Waals surface area (Å²) in [5.41, 5.74) is 1.36. The molecular weight excluding hydrogens is 252 g/mol. The SMILES string of the molecule is C[C@H]1CCCCN1C(=O)C(=O)c1c[nH]c2ccccc12. The molecule has 1 aliphatic rings. The standard InChI is InChI=1S/C16H18N2O2/c1-11-6-4-5-9-18(11)16(20)15(19)13-10-17-14-8-3-2-7-12(13)14/h2-3,7-8,10-11,17H,4-6,9H2,1H3/t11-/m0/s1. The van der Waals surface area contributed by atoms with E-state index in [1.165, 1.54) is 0 Å². The minimum absolute atomic E-state index is 0.158. The van der Waals surface area contributed by atoms with Gasteiger partial charge in [0.05, 0.1) is 5.56 Å². The number of nitrogens with zero attached hydrogens (tertiary/aromatic N) is 1. The van der Waals surface area contributed by atoms with E-state index < -0.39 is 5.78 Å². The molecule has 0 spiro atoms.